The quantitative estimate of drug-likeness (QED) is 0.839. The summed E-state index contributed by atoms with van der Waals surface area (Å²) in [7, 11) is -3.61. The minimum atomic E-state index is -3.61. The molecule has 2 bridgehead atoms. The third kappa shape index (κ3) is 4.61. The number of benzene rings is 1. The molecule has 2 aliphatic rings. The van der Waals surface area contributed by atoms with Crippen LogP contribution in [-0.4, -0.2) is 19.9 Å². The molecule has 0 saturated heterocycles. The van der Waals surface area contributed by atoms with Gasteiger partial charge in [-0.15, -0.1) is 0 Å². The van der Waals surface area contributed by atoms with E-state index in [1.54, 1.807) is 39.0 Å². The largest absolute Gasteiger partial charge is 0.326 e. The van der Waals surface area contributed by atoms with Gasteiger partial charge >= 0.3 is 0 Å². The lowest BCUT2D eigenvalue weighted by Crippen LogP contribution is -2.40. The van der Waals surface area contributed by atoms with E-state index in [0.29, 0.717) is 23.9 Å². The first-order chi connectivity index (χ1) is 11.6. The van der Waals surface area contributed by atoms with Crippen molar-refractivity contribution in [1.29, 1.82) is 0 Å². The van der Waals surface area contributed by atoms with Gasteiger partial charge in [0.15, 0.2) is 0 Å². The smallest absolute Gasteiger partial charge is 0.241 e. The van der Waals surface area contributed by atoms with Gasteiger partial charge in [-0.05, 0) is 76.0 Å². The highest BCUT2D eigenvalue weighted by molar-refractivity contribution is 7.89. The van der Waals surface area contributed by atoms with Gasteiger partial charge in [0.1, 0.15) is 0 Å². The molecule has 3 atom stereocenters. The van der Waals surface area contributed by atoms with Gasteiger partial charge in [0.05, 0.1) is 4.90 Å². The molecule has 25 heavy (non-hydrogen) atoms. The normalized spacial score (nSPS) is 26.0. The van der Waals surface area contributed by atoms with Gasteiger partial charge in [-0.25, -0.2) is 13.1 Å². The van der Waals surface area contributed by atoms with E-state index >= 15 is 0 Å². The average molecular weight is 365 g/mol. The van der Waals surface area contributed by atoms with Crippen LogP contribution in [0.1, 0.15) is 52.9 Å². The molecule has 0 aromatic heterocycles. The molecule has 6 heteroatoms. The number of hydrogen-bond acceptors (Lipinski definition) is 3. The lowest BCUT2D eigenvalue weighted by Gasteiger charge is -2.21. The summed E-state index contributed by atoms with van der Waals surface area (Å²) in [5, 5.41) is 2.87. The Labute approximate surface area is 150 Å². The fraction of sp³-hybridized carbons (Fsp3) is 0.632. The Morgan fingerprint density at radius 2 is 1.96 bits per heavy atom. The van der Waals surface area contributed by atoms with Crippen LogP contribution >= 0.6 is 0 Å². The van der Waals surface area contributed by atoms with Crippen LogP contribution in [0, 0.1) is 17.8 Å². The summed E-state index contributed by atoms with van der Waals surface area (Å²) in [6, 6.07) is 6.45. The summed E-state index contributed by atoms with van der Waals surface area (Å²) >= 11 is 0. The molecule has 1 aromatic carbocycles. The topological polar surface area (TPSA) is 75.3 Å². The number of hydrogen-bond donors (Lipinski definition) is 2. The highest BCUT2D eigenvalue weighted by atomic mass is 32.2. The number of anilines is 1. The minimum absolute atomic E-state index is 0.0177. The molecule has 1 aromatic rings. The number of carbonyl (C=O) groups is 1. The Balaban J connectivity index is 1.64. The van der Waals surface area contributed by atoms with Crippen LogP contribution in [0.3, 0.4) is 0 Å². The van der Waals surface area contributed by atoms with Gasteiger partial charge in [-0.1, -0.05) is 12.5 Å². The second kappa shape index (κ2) is 6.72. The molecular formula is C19H28N2O3S. The van der Waals surface area contributed by atoms with Gasteiger partial charge in [-0.2, -0.15) is 0 Å². The second-order valence-electron chi connectivity index (χ2n) is 8.57. The molecule has 0 aliphatic heterocycles. The first kappa shape index (κ1) is 18.4. The van der Waals surface area contributed by atoms with Gasteiger partial charge in [-0.3, -0.25) is 4.79 Å². The minimum Gasteiger partial charge on any atom is -0.326 e. The van der Waals surface area contributed by atoms with E-state index in [-0.39, 0.29) is 10.8 Å². The Hall–Kier alpha value is -1.40. The van der Waals surface area contributed by atoms with Crippen molar-refractivity contribution in [2.45, 2.75) is 63.3 Å². The number of nitrogens with one attached hydrogen (secondary N) is 2. The van der Waals surface area contributed by atoms with E-state index < -0.39 is 15.6 Å². The van der Waals surface area contributed by atoms with E-state index in [2.05, 4.69) is 10.0 Å². The lowest BCUT2D eigenvalue weighted by atomic mass is 9.86. The van der Waals surface area contributed by atoms with E-state index in [9.17, 15) is 13.2 Å². The van der Waals surface area contributed by atoms with Crippen molar-refractivity contribution in [2.24, 2.45) is 17.8 Å². The summed E-state index contributed by atoms with van der Waals surface area (Å²) in [6.07, 6.45) is 5.57. The van der Waals surface area contributed by atoms with E-state index in [1.807, 2.05) is 0 Å². The van der Waals surface area contributed by atoms with Gasteiger partial charge in [0.2, 0.25) is 15.9 Å². The highest BCUT2D eigenvalue weighted by Gasteiger charge is 2.40. The number of sulfonamides is 1. The second-order valence-corrected chi connectivity index (χ2v) is 10.3. The van der Waals surface area contributed by atoms with Crippen molar-refractivity contribution in [3.63, 3.8) is 0 Å². The molecule has 2 saturated carbocycles. The van der Waals surface area contributed by atoms with E-state index in [0.717, 1.165) is 5.92 Å². The molecule has 2 N–H and O–H groups in total. The van der Waals surface area contributed by atoms with Crippen molar-refractivity contribution >= 4 is 21.6 Å². The summed E-state index contributed by atoms with van der Waals surface area (Å²) in [5.74, 6) is 2.00. The summed E-state index contributed by atoms with van der Waals surface area (Å²) in [6.45, 7) is 5.39. The highest BCUT2D eigenvalue weighted by Crippen LogP contribution is 2.49. The first-order valence-electron chi connectivity index (χ1n) is 9.06. The Bertz CT molecular complexity index is 752. The lowest BCUT2D eigenvalue weighted by molar-refractivity contribution is -0.117. The molecule has 2 aliphatic carbocycles. The molecule has 0 heterocycles. The molecule has 0 radical (unpaired) electrons. The zero-order chi connectivity index (χ0) is 18.2. The van der Waals surface area contributed by atoms with Crippen LogP contribution in [0.2, 0.25) is 0 Å². The van der Waals surface area contributed by atoms with Crippen molar-refractivity contribution in [3.8, 4) is 0 Å². The standard InChI is InChI=1S/C19H28N2O3S/c1-19(2,3)21-25(23,24)17-6-4-5-16(12-17)20-18(22)11-15-10-13-7-8-14(15)9-13/h4-6,12-15,21H,7-11H2,1-3H3,(H,20,22). The van der Waals surface area contributed by atoms with Gasteiger partial charge in [0.25, 0.3) is 0 Å². The molecule has 5 nitrogen and oxygen atoms in total. The monoisotopic (exact) mass is 364 g/mol. The van der Waals surface area contributed by atoms with Gasteiger partial charge < -0.3 is 5.32 Å². The van der Waals surface area contributed by atoms with Crippen LogP contribution in [0.25, 0.3) is 0 Å². The van der Waals surface area contributed by atoms with Crippen LogP contribution in [-0.2, 0) is 14.8 Å². The molecule has 3 unspecified atom stereocenters. The summed E-state index contributed by atoms with van der Waals surface area (Å²) in [5.41, 5.74) is -0.0233. The number of rotatable bonds is 5. The fourth-order valence-electron chi connectivity index (χ4n) is 4.28. The summed E-state index contributed by atoms with van der Waals surface area (Å²) in [4.78, 5) is 12.5. The van der Waals surface area contributed by atoms with Crippen LogP contribution in [0.15, 0.2) is 29.2 Å². The molecule has 138 valence electrons. The van der Waals surface area contributed by atoms with Crippen LogP contribution in [0.5, 0.6) is 0 Å². The maximum absolute atomic E-state index is 12.4. The van der Waals surface area contributed by atoms with Crippen LogP contribution in [0.4, 0.5) is 5.69 Å². The summed E-state index contributed by atoms with van der Waals surface area (Å²) < 4.78 is 27.5. The average Bonchev–Trinajstić information content (AvgIpc) is 3.07. The number of fused-ring (bicyclic) bond motifs is 2. The number of carbonyl (C=O) groups excluding carboxylic acids is 1. The first-order valence-corrected chi connectivity index (χ1v) is 10.5. The SMILES string of the molecule is CC(C)(C)NS(=O)(=O)c1cccc(NC(=O)CC2CC3CCC2C3)c1. The van der Waals surface area contributed by atoms with Crippen LogP contribution < -0.4 is 10.0 Å². The maximum Gasteiger partial charge on any atom is 0.241 e. The maximum atomic E-state index is 12.4. The predicted molar refractivity (Wildman–Crippen MR) is 98.7 cm³/mol. The molecule has 0 spiro atoms. The zero-order valence-electron chi connectivity index (χ0n) is 15.2. The molecular weight excluding hydrogens is 336 g/mol. The molecule has 1 amide bonds. The third-order valence-corrected chi connectivity index (χ3v) is 6.96. The van der Waals surface area contributed by atoms with Crippen molar-refractivity contribution in [1.82, 2.24) is 4.72 Å². The predicted octanol–water partition coefficient (Wildman–Crippen LogP) is 3.53. The fourth-order valence-corrected chi connectivity index (χ4v) is 5.74. The number of amides is 1. The molecule has 2 fully saturated rings. The van der Waals surface area contributed by atoms with Crippen molar-refractivity contribution in [2.75, 3.05) is 5.32 Å². The third-order valence-electron chi connectivity index (χ3n) is 5.20. The van der Waals surface area contributed by atoms with E-state index in [1.165, 1.54) is 31.7 Å². The van der Waals surface area contributed by atoms with Crippen molar-refractivity contribution in [3.05, 3.63) is 24.3 Å². The molecule has 3 rings (SSSR count). The zero-order valence-corrected chi connectivity index (χ0v) is 16.0. The Kier molecular flexibility index (Phi) is 4.95. The van der Waals surface area contributed by atoms with E-state index in [4.69, 9.17) is 0 Å². The Morgan fingerprint density at radius 3 is 2.56 bits per heavy atom. The van der Waals surface area contributed by atoms with Gasteiger partial charge in [0, 0.05) is 17.6 Å². The van der Waals surface area contributed by atoms with Crippen molar-refractivity contribution < 1.29 is 13.2 Å². The Morgan fingerprint density at radius 1 is 1.20 bits per heavy atom.